The Bertz CT molecular complexity index is 1080. The largest absolute Gasteiger partial charge is 0.497 e. The van der Waals surface area contributed by atoms with Gasteiger partial charge in [-0.05, 0) is 47.2 Å². The minimum atomic E-state index is -0.144. The van der Waals surface area contributed by atoms with E-state index in [2.05, 4.69) is 10.5 Å². The van der Waals surface area contributed by atoms with Crippen LogP contribution in [0.3, 0.4) is 0 Å². The highest BCUT2D eigenvalue weighted by Gasteiger charge is 2.10. The molecule has 0 fully saturated rings. The Morgan fingerprint density at radius 1 is 1.00 bits per heavy atom. The SMILES string of the molecule is COc1ccc(-c2cc(CNC(=O)c3ccc4ccccc4c3)no2)cc1. The van der Waals surface area contributed by atoms with E-state index in [1.807, 2.05) is 72.8 Å². The summed E-state index contributed by atoms with van der Waals surface area (Å²) in [6.45, 7) is 0.297. The molecule has 5 heteroatoms. The summed E-state index contributed by atoms with van der Waals surface area (Å²) in [6, 6.07) is 22.9. The van der Waals surface area contributed by atoms with Crippen LogP contribution in [0.5, 0.6) is 5.75 Å². The van der Waals surface area contributed by atoms with Crippen molar-refractivity contribution in [3.05, 3.63) is 84.1 Å². The molecule has 0 aliphatic heterocycles. The van der Waals surface area contributed by atoms with Gasteiger partial charge in [0.05, 0.1) is 13.7 Å². The summed E-state index contributed by atoms with van der Waals surface area (Å²) >= 11 is 0. The molecule has 134 valence electrons. The lowest BCUT2D eigenvalue weighted by Gasteiger charge is -2.04. The van der Waals surface area contributed by atoms with Crippen molar-refractivity contribution in [2.75, 3.05) is 7.11 Å². The average Bonchev–Trinajstić information content (AvgIpc) is 3.21. The van der Waals surface area contributed by atoms with Gasteiger partial charge in [0.2, 0.25) is 0 Å². The predicted octanol–water partition coefficient (Wildman–Crippen LogP) is 4.43. The van der Waals surface area contributed by atoms with Gasteiger partial charge in [0.1, 0.15) is 11.4 Å². The van der Waals surface area contributed by atoms with Crippen LogP contribution in [0, 0.1) is 0 Å². The summed E-state index contributed by atoms with van der Waals surface area (Å²) in [5.74, 6) is 1.28. The quantitative estimate of drug-likeness (QED) is 0.573. The standard InChI is InChI=1S/C22H18N2O3/c1-26-20-10-8-16(9-11-20)21-13-19(24-27-21)14-23-22(25)18-7-6-15-4-2-3-5-17(15)12-18/h2-13H,14H2,1H3,(H,23,25). The highest BCUT2D eigenvalue weighted by atomic mass is 16.5. The molecule has 0 aliphatic carbocycles. The van der Waals surface area contributed by atoms with Crippen LogP contribution in [-0.4, -0.2) is 18.2 Å². The Hall–Kier alpha value is -3.60. The molecule has 0 radical (unpaired) electrons. The number of carbonyl (C=O) groups excluding carboxylic acids is 1. The lowest BCUT2D eigenvalue weighted by molar-refractivity contribution is 0.0950. The molecule has 1 amide bonds. The zero-order valence-corrected chi connectivity index (χ0v) is 14.8. The van der Waals surface area contributed by atoms with E-state index in [0.29, 0.717) is 23.6 Å². The maximum absolute atomic E-state index is 12.4. The number of fused-ring (bicyclic) bond motifs is 1. The fraction of sp³-hybridized carbons (Fsp3) is 0.0909. The first kappa shape index (κ1) is 16.8. The van der Waals surface area contributed by atoms with Crippen LogP contribution in [0.25, 0.3) is 22.1 Å². The van der Waals surface area contributed by atoms with Crippen molar-refractivity contribution >= 4 is 16.7 Å². The van der Waals surface area contributed by atoms with Gasteiger partial charge in [0.25, 0.3) is 5.91 Å². The van der Waals surface area contributed by atoms with E-state index in [1.54, 1.807) is 7.11 Å². The topological polar surface area (TPSA) is 64.4 Å². The Morgan fingerprint density at radius 3 is 2.56 bits per heavy atom. The predicted molar refractivity (Wildman–Crippen MR) is 104 cm³/mol. The Labute approximate surface area is 156 Å². The molecule has 0 spiro atoms. The molecule has 0 unspecified atom stereocenters. The number of aromatic nitrogens is 1. The van der Waals surface area contributed by atoms with Crippen LogP contribution in [0.1, 0.15) is 16.1 Å². The second-order valence-corrected chi connectivity index (χ2v) is 6.16. The molecular weight excluding hydrogens is 340 g/mol. The van der Waals surface area contributed by atoms with E-state index in [0.717, 1.165) is 22.1 Å². The van der Waals surface area contributed by atoms with Gasteiger partial charge in [-0.2, -0.15) is 0 Å². The maximum Gasteiger partial charge on any atom is 0.251 e. The summed E-state index contributed by atoms with van der Waals surface area (Å²) in [5.41, 5.74) is 2.18. The first-order valence-corrected chi connectivity index (χ1v) is 8.60. The molecule has 0 bridgehead atoms. The lowest BCUT2D eigenvalue weighted by atomic mass is 10.1. The fourth-order valence-corrected chi connectivity index (χ4v) is 2.89. The number of hydrogen-bond acceptors (Lipinski definition) is 4. The molecule has 1 heterocycles. The van der Waals surface area contributed by atoms with Crippen molar-refractivity contribution in [2.24, 2.45) is 0 Å². The van der Waals surface area contributed by atoms with Crippen LogP contribution < -0.4 is 10.1 Å². The Morgan fingerprint density at radius 2 is 1.78 bits per heavy atom. The van der Waals surface area contributed by atoms with Crippen molar-refractivity contribution in [3.8, 4) is 17.1 Å². The first-order chi connectivity index (χ1) is 13.2. The molecule has 0 saturated heterocycles. The van der Waals surface area contributed by atoms with Crippen molar-refractivity contribution in [3.63, 3.8) is 0 Å². The van der Waals surface area contributed by atoms with E-state index in [-0.39, 0.29) is 5.91 Å². The summed E-state index contributed by atoms with van der Waals surface area (Å²) < 4.78 is 10.5. The molecule has 4 rings (SSSR count). The molecule has 3 aromatic carbocycles. The number of amides is 1. The van der Waals surface area contributed by atoms with Gasteiger partial charge in [0, 0.05) is 17.2 Å². The highest BCUT2D eigenvalue weighted by Crippen LogP contribution is 2.23. The minimum Gasteiger partial charge on any atom is -0.497 e. The zero-order chi connectivity index (χ0) is 18.6. The van der Waals surface area contributed by atoms with Crippen molar-refractivity contribution in [2.45, 2.75) is 6.54 Å². The van der Waals surface area contributed by atoms with E-state index in [4.69, 9.17) is 9.26 Å². The molecule has 4 aromatic rings. The van der Waals surface area contributed by atoms with Gasteiger partial charge in [-0.25, -0.2) is 0 Å². The average molecular weight is 358 g/mol. The molecule has 27 heavy (non-hydrogen) atoms. The van der Waals surface area contributed by atoms with Gasteiger partial charge in [-0.3, -0.25) is 4.79 Å². The van der Waals surface area contributed by atoms with Crippen LogP contribution >= 0.6 is 0 Å². The van der Waals surface area contributed by atoms with Crippen LogP contribution in [-0.2, 0) is 6.54 Å². The summed E-state index contributed by atoms with van der Waals surface area (Å²) in [4.78, 5) is 12.4. The third-order valence-corrected chi connectivity index (χ3v) is 4.38. The monoisotopic (exact) mass is 358 g/mol. The van der Waals surface area contributed by atoms with Gasteiger partial charge < -0.3 is 14.6 Å². The summed E-state index contributed by atoms with van der Waals surface area (Å²) in [7, 11) is 1.62. The van der Waals surface area contributed by atoms with Crippen molar-refractivity contribution in [1.82, 2.24) is 10.5 Å². The van der Waals surface area contributed by atoms with Crippen molar-refractivity contribution in [1.29, 1.82) is 0 Å². The fourth-order valence-electron chi connectivity index (χ4n) is 2.89. The molecule has 1 aromatic heterocycles. The second kappa shape index (κ2) is 7.33. The third-order valence-electron chi connectivity index (χ3n) is 4.38. The minimum absolute atomic E-state index is 0.144. The Balaban J connectivity index is 1.43. The number of benzene rings is 3. The number of methoxy groups -OCH3 is 1. The highest BCUT2D eigenvalue weighted by molar-refractivity contribution is 5.98. The second-order valence-electron chi connectivity index (χ2n) is 6.16. The summed E-state index contributed by atoms with van der Waals surface area (Å²) in [5, 5.41) is 9.05. The van der Waals surface area contributed by atoms with Gasteiger partial charge >= 0.3 is 0 Å². The number of carbonyl (C=O) groups is 1. The van der Waals surface area contributed by atoms with E-state index >= 15 is 0 Å². The first-order valence-electron chi connectivity index (χ1n) is 8.60. The van der Waals surface area contributed by atoms with Gasteiger partial charge in [0.15, 0.2) is 5.76 Å². The Kier molecular flexibility index (Phi) is 4.58. The molecular formula is C22H18N2O3. The van der Waals surface area contributed by atoms with Gasteiger partial charge in [-0.1, -0.05) is 35.5 Å². The number of nitrogens with one attached hydrogen (secondary N) is 1. The van der Waals surface area contributed by atoms with Crippen LogP contribution in [0.15, 0.2) is 77.3 Å². The molecule has 5 nitrogen and oxygen atoms in total. The molecule has 1 N–H and O–H groups in total. The number of nitrogens with zero attached hydrogens (tertiary/aromatic N) is 1. The smallest absolute Gasteiger partial charge is 0.251 e. The number of rotatable bonds is 5. The molecule has 0 saturated carbocycles. The van der Waals surface area contributed by atoms with Gasteiger partial charge in [-0.15, -0.1) is 0 Å². The van der Waals surface area contributed by atoms with E-state index in [9.17, 15) is 4.79 Å². The molecule has 0 atom stereocenters. The van der Waals surface area contributed by atoms with Crippen molar-refractivity contribution < 1.29 is 14.1 Å². The third kappa shape index (κ3) is 3.67. The number of ether oxygens (including phenoxy) is 1. The van der Waals surface area contributed by atoms with E-state index in [1.165, 1.54) is 0 Å². The van der Waals surface area contributed by atoms with Crippen LogP contribution in [0.2, 0.25) is 0 Å². The lowest BCUT2D eigenvalue weighted by Crippen LogP contribution is -2.22. The molecule has 0 aliphatic rings. The maximum atomic E-state index is 12.4. The van der Waals surface area contributed by atoms with Crippen LogP contribution in [0.4, 0.5) is 0 Å². The number of hydrogen-bond donors (Lipinski definition) is 1. The zero-order valence-electron chi connectivity index (χ0n) is 14.8. The normalized spacial score (nSPS) is 10.7. The van der Waals surface area contributed by atoms with E-state index < -0.39 is 0 Å². The summed E-state index contributed by atoms with van der Waals surface area (Å²) in [6.07, 6.45) is 0.